The molecule has 0 aliphatic carbocycles. The minimum atomic E-state index is -3.85. The van der Waals surface area contributed by atoms with Crippen LogP contribution in [0.3, 0.4) is 0 Å². The van der Waals surface area contributed by atoms with Crippen LogP contribution >= 0.6 is 11.3 Å². The summed E-state index contributed by atoms with van der Waals surface area (Å²) in [6, 6.07) is 13.1. The Morgan fingerprint density at radius 3 is 2.32 bits per heavy atom. The zero-order valence-electron chi connectivity index (χ0n) is 18.6. The van der Waals surface area contributed by atoms with E-state index in [1.165, 1.54) is 29.2 Å². The number of nitrogens with zero attached hydrogens (tertiary/aromatic N) is 2. The predicted molar refractivity (Wildman–Crippen MR) is 127 cm³/mol. The van der Waals surface area contributed by atoms with E-state index in [4.69, 9.17) is 0 Å². The number of aromatic nitrogens is 1. The maximum absolute atomic E-state index is 13.3. The van der Waals surface area contributed by atoms with E-state index in [2.05, 4.69) is 9.71 Å². The number of carbonyl (C=O) groups is 1. The zero-order valence-corrected chi connectivity index (χ0v) is 20.2. The van der Waals surface area contributed by atoms with Crippen molar-refractivity contribution in [2.75, 3.05) is 11.9 Å². The van der Waals surface area contributed by atoms with Crippen LogP contribution in [0, 0.1) is 6.92 Å². The molecule has 3 aromatic rings. The minimum Gasteiger partial charge on any atom is -0.316 e. The molecule has 1 N–H and O–H groups in total. The van der Waals surface area contributed by atoms with Crippen molar-refractivity contribution in [1.82, 2.24) is 9.71 Å². The molecule has 0 fully saturated rings. The van der Waals surface area contributed by atoms with Crippen LogP contribution in [0.2, 0.25) is 0 Å². The molecule has 6 nitrogen and oxygen atoms in total. The Hall–Kier alpha value is -2.55. The van der Waals surface area contributed by atoms with Gasteiger partial charge in [-0.2, -0.15) is 0 Å². The van der Waals surface area contributed by atoms with Crippen LogP contribution in [0.5, 0.6) is 0 Å². The molecule has 3 rings (SSSR count). The number of nitrogens with one attached hydrogen (secondary N) is 1. The first-order valence-corrected chi connectivity index (χ1v) is 12.1. The van der Waals surface area contributed by atoms with E-state index < -0.39 is 15.6 Å². The lowest BCUT2D eigenvalue weighted by molar-refractivity contribution is -0.116. The van der Waals surface area contributed by atoms with Crippen molar-refractivity contribution in [3.63, 3.8) is 0 Å². The predicted octanol–water partition coefficient (Wildman–Crippen LogP) is 4.85. The number of benzene rings is 2. The molecule has 0 saturated carbocycles. The summed E-state index contributed by atoms with van der Waals surface area (Å²) >= 11 is 1.43. The second-order valence-electron chi connectivity index (χ2n) is 8.51. The van der Waals surface area contributed by atoms with E-state index in [0.29, 0.717) is 11.3 Å². The fourth-order valence-electron chi connectivity index (χ4n) is 3.01. The van der Waals surface area contributed by atoms with Crippen LogP contribution in [0.15, 0.2) is 53.6 Å². The first-order chi connectivity index (χ1) is 14.4. The Morgan fingerprint density at radius 1 is 1.10 bits per heavy atom. The number of hydrogen-bond donors (Lipinski definition) is 1. The topological polar surface area (TPSA) is 79.4 Å². The van der Waals surface area contributed by atoms with E-state index in [0.717, 1.165) is 21.0 Å². The standard InChI is InChI=1S/C23H27N3O3S2/c1-15-7-9-17(10-8-15)22-24-14-20(30-22)19-12-11-18(26(6)16(2)27)13-21(19)31(28,29)25-23(3,4)5/h7-14,25H,1-6H3. The summed E-state index contributed by atoms with van der Waals surface area (Å²) in [6.45, 7) is 8.83. The fraction of sp³-hybridized carbons (Fsp3) is 0.304. The average Bonchev–Trinajstić information content (AvgIpc) is 3.15. The van der Waals surface area contributed by atoms with Crippen LogP contribution in [-0.2, 0) is 14.8 Å². The summed E-state index contributed by atoms with van der Waals surface area (Å²) in [7, 11) is -2.23. The number of anilines is 1. The Balaban J connectivity index is 2.13. The number of thiazole rings is 1. The third kappa shape index (κ3) is 5.39. The first-order valence-electron chi connectivity index (χ1n) is 9.83. The molecule has 0 radical (unpaired) electrons. The van der Waals surface area contributed by atoms with Gasteiger partial charge in [-0.25, -0.2) is 18.1 Å². The molecule has 2 aromatic carbocycles. The van der Waals surface area contributed by atoms with E-state index in [-0.39, 0.29) is 10.8 Å². The van der Waals surface area contributed by atoms with Gasteiger partial charge in [-0.15, -0.1) is 11.3 Å². The van der Waals surface area contributed by atoms with E-state index in [1.54, 1.807) is 46.1 Å². The van der Waals surface area contributed by atoms with Crippen molar-refractivity contribution in [3.8, 4) is 21.0 Å². The highest BCUT2D eigenvalue weighted by Crippen LogP contribution is 2.37. The monoisotopic (exact) mass is 457 g/mol. The lowest BCUT2D eigenvalue weighted by Crippen LogP contribution is -2.40. The minimum absolute atomic E-state index is 0.118. The average molecular weight is 458 g/mol. The van der Waals surface area contributed by atoms with E-state index >= 15 is 0 Å². The van der Waals surface area contributed by atoms with Crippen molar-refractivity contribution >= 4 is 33.0 Å². The molecule has 0 aliphatic heterocycles. The Kier molecular flexibility index (Phi) is 6.36. The molecule has 1 aromatic heterocycles. The van der Waals surface area contributed by atoms with Gasteiger partial charge >= 0.3 is 0 Å². The highest BCUT2D eigenvalue weighted by Gasteiger charge is 2.27. The van der Waals surface area contributed by atoms with Crippen molar-refractivity contribution in [3.05, 3.63) is 54.2 Å². The molecule has 0 atom stereocenters. The second kappa shape index (κ2) is 8.53. The van der Waals surface area contributed by atoms with Gasteiger partial charge in [-0.05, 0) is 39.8 Å². The SMILES string of the molecule is CC(=O)N(C)c1ccc(-c2cnc(-c3ccc(C)cc3)s2)c(S(=O)(=O)NC(C)(C)C)c1. The Morgan fingerprint density at radius 2 is 1.74 bits per heavy atom. The van der Waals surface area contributed by atoms with Crippen LogP contribution in [0.25, 0.3) is 21.0 Å². The molecular weight excluding hydrogens is 430 g/mol. The highest BCUT2D eigenvalue weighted by molar-refractivity contribution is 7.89. The molecule has 0 aliphatic rings. The van der Waals surface area contributed by atoms with E-state index in [1.807, 2.05) is 31.2 Å². The molecule has 8 heteroatoms. The molecular formula is C23H27N3O3S2. The van der Waals surface area contributed by atoms with Gasteiger partial charge in [0.05, 0.1) is 9.77 Å². The van der Waals surface area contributed by atoms with Crippen LogP contribution in [0.1, 0.15) is 33.3 Å². The largest absolute Gasteiger partial charge is 0.316 e. The molecule has 1 amide bonds. The van der Waals surface area contributed by atoms with E-state index in [9.17, 15) is 13.2 Å². The van der Waals surface area contributed by atoms with Crippen LogP contribution in [-0.4, -0.2) is 31.9 Å². The number of amides is 1. The van der Waals surface area contributed by atoms with Crippen LogP contribution < -0.4 is 9.62 Å². The summed E-state index contributed by atoms with van der Waals surface area (Å²) < 4.78 is 29.3. The zero-order chi connectivity index (χ0) is 23.0. The smallest absolute Gasteiger partial charge is 0.241 e. The summed E-state index contributed by atoms with van der Waals surface area (Å²) in [4.78, 5) is 18.6. The Labute approximate surface area is 188 Å². The molecule has 0 spiro atoms. The molecule has 31 heavy (non-hydrogen) atoms. The number of hydrogen-bond acceptors (Lipinski definition) is 5. The first kappa shape index (κ1) is 23.1. The number of aryl methyl sites for hydroxylation is 1. The van der Waals surface area contributed by atoms with Crippen molar-refractivity contribution in [1.29, 1.82) is 0 Å². The summed E-state index contributed by atoms with van der Waals surface area (Å²) in [5.74, 6) is -0.181. The maximum atomic E-state index is 13.3. The van der Waals surface area contributed by atoms with Gasteiger partial charge in [0.2, 0.25) is 15.9 Å². The van der Waals surface area contributed by atoms with Gasteiger partial charge in [0.15, 0.2) is 0 Å². The van der Waals surface area contributed by atoms with Crippen molar-refractivity contribution in [2.24, 2.45) is 0 Å². The van der Waals surface area contributed by atoms with Gasteiger partial charge in [0.25, 0.3) is 0 Å². The van der Waals surface area contributed by atoms with Gasteiger partial charge in [0, 0.05) is 42.5 Å². The van der Waals surface area contributed by atoms with Crippen molar-refractivity contribution in [2.45, 2.75) is 45.1 Å². The molecule has 0 bridgehead atoms. The van der Waals surface area contributed by atoms with Crippen molar-refractivity contribution < 1.29 is 13.2 Å². The number of sulfonamides is 1. The summed E-state index contributed by atoms with van der Waals surface area (Å²) in [5, 5.41) is 0.812. The van der Waals surface area contributed by atoms with Gasteiger partial charge < -0.3 is 4.90 Å². The van der Waals surface area contributed by atoms with Crippen LogP contribution in [0.4, 0.5) is 5.69 Å². The van der Waals surface area contributed by atoms with Gasteiger partial charge in [-0.1, -0.05) is 35.9 Å². The lowest BCUT2D eigenvalue weighted by Gasteiger charge is -2.23. The number of rotatable bonds is 5. The quantitative estimate of drug-likeness (QED) is 0.594. The lowest BCUT2D eigenvalue weighted by atomic mass is 10.1. The fourth-order valence-corrected chi connectivity index (χ4v) is 5.70. The second-order valence-corrected chi connectivity index (χ2v) is 11.2. The Bertz CT molecular complexity index is 1210. The van der Waals surface area contributed by atoms with Gasteiger partial charge in [0.1, 0.15) is 5.01 Å². The molecule has 164 valence electrons. The third-order valence-electron chi connectivity index (χ3n) is 4.62. The maximum Gasteiger partial charge on any atom is 0.241 e. The summed E-state index contributed by atoms with van der Waals surface area (Å²) in [5.41, 5.74) is 2.54. The third-order valence-corrected chi connectivity index (χ3v) is 7.50. The normalized spacial score (nSPS) is 12.1. The number of carbonyl (C=O) groups excluding carboxylic acids is 1. The molecule has 0 unspecified atom stereocenters. The van der Waals surface area contributed by atoms with Gasteiger partial charge in [-0.3, -0.25) is 4.79 Å². The summed E-state index contributed by atoms with van der Waals surface area (Å²) in [6.07, 6.45) is 1.69. The highest BCUT2D eigenvalue weighted by atomic mass is 32.2. The molecule has 0 saturated heterocycles. The molecule has 1 heterocycles.